The Bertz CT molecular complexity index is 1520. The normalized spacial score (nSPS) is 20.0. The number of rotatable bonds is 6. The van der Waals surface area contributed by atoms with Gasteiger partial charge < -0.3 is 15.5 Å². The molecule has 7 rings (SSSR count). The molecule has 4 heterocycles. The minimum Gasteiger partial charge on any atom is -0.352 e. The molecule has 1 aliphatic heterocycles. The maximum atomic E-state index is 13.4. The van der Waals surface area contributed by atoms with Crippen molar-refractivity contribution >= 4 is 55.8 Å². The number of fused-ring (bicyclic) bond motifs is 4. The number of carbonyl (C=O) groups is 2. The lowest BCUT2D eigenvalue weighted by molar-refractivity contribution is -0.137. The van der Waals surface area contributed by atoms with Crippen LogP contribution in [0.25, 0.3) is 21.1 Å². The number of hydrogen-bond donors (Lipinski definition) is 3. The van der Waals surface area contributed by atoms with E-state index in [2.05, 4.69) is 41.8 Å². The molecule has 3 aliphatic rings. The number of benzene rings is 1. The van der Waals surface area contributed by atoms with Crippen LogP contribution in [0.2, 0.25) is 0 Å². The molecule has 1 atom stereocenters. The number of amides is 2. The lowest BCUT2D eigenvalue weighted by Gasteiger charge is -2.36. The van der Waals surface area contributed by atoms with E-state index in [0.29, 0.717) is 25.7 Å². The van der Waals surface area contributed by atoms with E-state index in [1.807, 2.05) is 23.2 Å². The molecular formula is C27H30N8O2S. The first-order chi connectivity index (χ1) is 18.6. The van der Waals surface area contributed by atoms with E-state index < -0.39 is 0 Å². The Hall–Kier alpha value is -3.57. The summed E-state index contributed by atoms with van der Waals surface area (Å²) >= 11 is 1.68. The molecule has 2 amide bonds. The Morgan fingerprint density at radius 3 is 2.82 bits per heavy atom. The molecule has 1 unspecified atom stereocenters. The van der Waals surface area contributed by atoms with Gasteiger partial charge in [0.15, 0.2) is 0 Å². The van der Waals surface area contributed by atoms with E-state index >= 15 is 0 Å². The fourth-order valence-corrected chi connectivity index (χ4v) is 6.93. The van der Waals surface area contributed by atoms with Gasteiger partial charge >= 0.3 is 0 Å². The minimum atomic E-state index is -0.00635. The first-order valence-corrected chi connectivity index (χ1v) is 14.2. The first-order valence-electron chi connectivity index (χ1n) is 13.4. The molecule has 4 aromatic rings. The average Bonchev–Trinajstić information content (AvgIpc) is 3.47. The Morgan fingerprint density at radius 2 is 1.97 bits per heavy atom. The number of H-pyrrole nitrogens is 1. The summed E-state index contributed by atoms with van der Waals surface area (Å²) in [7, 11) is 0. The van der Waals surface area contributed by atoms with Crippen molar-refractivity contribution in [1.82, 2.24) is 35.3 Å². The van der Waals surface area contributed by atoms with Crippen LogP contribution in [0.15, 0.2) is 30.7 Å². The van der Waals surface area contributed by atoms with Gasteiger partial charge in [-0.15, -0.1) is 11.3 Å². The van der Waals surface area contributed by atoms with Crippen molar-refractivity contribution in [3.05, 3.63) is 41.2 Å². The number of aryl methyl sites for hydroxylation is 1. The van der Waals surface area contributed by atoms with Crippen LogP contribution >= 0.6 is 11.3 Å². The van der Waals surface area contributed by atoms with Gasteiger partial charge in [-0.05, 0) is 55.9 Å². The predicted molar refractivity (Wildman–Crippen MR) is 146 cm³/mol. The number of thiophene rings is 1. The maximum absolute atomic E-state index is 13.4. The summed E-state index contributed by atoms with van der Waals surface area (Å²) in [5.74, 6) is 1.15. The second-order valence-corrected chi connectivity index (χ2v) is 11.7. The summed E-state index contributed by atoms with van der Waals surface area (Å²) in [5.41, 5.74) is 3.22. The zero-order valence-electron chi connectivity index (χ0n) is 21.1. The van der Waals surface area contributed by atoms with Crippen LogP contribution in [0.4, 0.5) is 11.5 Å². The Kier molecular flexibility index (Phi) is 5.96. The second-order valence-electron chi connectivity index (χ2n) is 10.6. The summed E-state index contributed by atoms with van der Waals surface area (Å²) < 4.78 is 0. The van der Waals surface area contributed by atoms with Crippen molar-refractivity contribution < 1.29 is 9.59 Å². The van der Waals surface area contributed by atoms with E-state index in [1.54, 1.807) is 17.7 Å². The maximum Gasteiger partial charge on any atom is 0.234 e. The number of hydrogen-bond acceptors (Lipinski definition) is 8. The minimum absolute atomic E-state index is 0.00635. The van der Waals surface area contributed by atoms with Gasteiger partial charge in [0, 0.05) is 54.1 Å². The van der Waals surface area contributed by atoms with E-state index in [0.717, 1.165) is 77.8 Å². The standard InChI is InChI=1S/C27H30N8O2S/c36-23(31-18-2-3-18)14-34-7-9-35(10-8-34)27(37)16-1-5-20-22(12-16)38-26-24(20)25(28-15-29-26)32-19-4-6-21-17(11-19)13-30-33-21/h4,6,11,13,15-16,18H,1-3,5,7-10,12,14H2,(H,30,33)(H,31,36)(H,28,29,32). The van der Waals surface area contributed by atoms with Gasteiger partial charge in [-0.1, -0.05) is 0 Å². The van der Waals surface area contributed by atoms with Crippen molar-refractivity contribution in [2.75, 3.05) is 38.0 Å². The second kappa shape index (κ2) is 9.63. The van der Waals surface area contributed by atoms with Crippen molar-refractivity contribution in [2.45, 2.75) is 38.1 Å². The highest BCUT2D eigenvalue weighted by Gasteiger charge is 2.33. The van der Waals surface area contributed by atoms with Gasteiger partial charge in [0.25, 0.3) is 0 Å². The molecule has 0 bridgehead atoms. The summed E-state index contributed by atoms with van der Waals surface area (Å²) in [5, 5.41) is 15.7. The summed E-state index contributed by atoms with van der Waals surface area (Å²) in [4.78, 5) is 41.1. The summed E-state index contributed by atoms with van der Waals surface area (Å²) in [6.45, 7) is 3.30. The zero-order valence-corrected chi connectivity index (χ0v) is 21.9. The largest absolute Gasteiger partial charge is 0.352 e. The number of aromatic amines is 1. The van der Waals surface area contributed by atoms with Gasteiger partial charge in [-0.3, -0.25) is 19.6 Å². The van der Waals surface area contributed by atoms with E-state index in [9.17, 15) is 9.59 Å². The molecule has 0 radical (unpaired) electrons. The molecule has 38 heavy (non-hydrogen) atoms. The van der Waals surface area contributed by atoms with Crippen LogP contribution in [-0.2, 0) is 22.4 Å². The summed E-state index contributed by atoms with van der Waals surface area (Å²) in [6.07, 6.45) is 8.04. The van der Waals surface area contributed by atoms with Gasteiger partial charge in [-0.25, -0.2) is 9.97 Å². The number of nitrogens with zero attached hydrogens (tertiary/aromatic N) is 5. The number of nitrogens with one attached hydrogen (secondary N) is 3. The van der Waals surface area contributed by atoms with Crippen molar-refractivity contribution in [3.63, 3.8) is 0 Å². The smallest absolute Gasteiger partial charge is 0.234 e. The van der Waals surface area contributed by atoms with Gasteiger partial charge in [0.1, 0.15) is 17.0 Å². The lowest BCUT2D eigenvalue weighted by atomic mass is 9.86. The topological polar surface area (TPSA) is 119 Å². The third-order valence-electron chi connectivity index (χ3n) is 7.89. The molecule has 3 aromatic heterocycles. The molecule has 11 heteroatoms. The third-order valence-corrected chi connectivity index (χ3v) is 9.05. The monoisotopic (exact) mass is 530 g/mol. The average molecular weight is 531 g/mol. The molecule has 2 aliphatic carbocycles. The lowest BCUT2D eigenvalue weighted by Crippen LogP contribution is -2.52. The van der Waals surface area contributed by atoms with Crippen LogP contribution in [-0.4, -0.2) is 80.5 Å². The fourth-order valence-electron chi connectivity index (χ4n) is 5.66. The zero-order chi connectivity index (χ0) is 25.6. The van der Waals surface area contributed by atoms with Gasteiger partial charge in [0.05, 0.1) is 23.6 Å². The Morgan fingerprint density at radius 1 is 1.11 bits per heavy atom. The molecule has 0 spiro atoms. The molecule has 3 N–H and O–H groups in total. The third kappa shape index (κ3) is 4.60. The SMILES string of the molecule is O=C(CN1CCN(C(=O)C2CCc3c(sc4ncnc(Nc5ccc6[nH]ncc6c5)c34)C2)CC1)NC1CC1. The van der Waals surface area contributed by atoms with E-state index in [1.165, 1.54) is 10.4 Å². The molecule has 1 saturated heterocycles. The highest BCUT2D eigenvalue weighted by atomic mass is 32.1. The summed E-state index contributed by atoms with van der Waals surface area (Å²) in [6, 6.07) is 6.46. The molecule has 2 fully saturated rings. The van der Waals surface area contributed by atoms with Crippen LogP contribution in [0.3, 0.4) is 0 Å². The van der Waals surface area contributed by atoms with Crippen molar-refractivity contribution in [3.8, 4) is 0 Å². The van der Waals surface area contributed by atoms with Gasteiger partial charge in [0.2, 0.25) is 11.8 Å². The predicted octanol–water partition coefficient (Wildman–Crippen LogP) is 2.84. The van der Waals surface area contributed by atoms with E-state index in [4.69, 9.17) is 0 Å². The van der Waals surface area contributed by atoms with Crippen LogP contribution in [0, 0.1) is 5.92 Å². The van der Waals surface area contributed by atoms with Crippen LogP contribution in [0.1, 0.15) is 29.7 Å². The van der Waals surface area contributed by atoms with Gasteiger partial charge in [-0.2, -0.15) is 5.10 Å². The number of carbonyl (C=O) groups excluding carboxylic acids is 2. The molecule has 10 nitrogen and oxygen atoms in total. The molecular weight excluding hydrogens is 500 g/mol. The van der Waals surface area contributed by atoms with E-state index in [-0.39, 0.29) is 17.7 Å². The molecule has 196 valence electrons. The van der Waals surface area contributed by atoms with Crippen molar-refractivity contribution in [1.29, 1.82) is 0 Å². The highest BCUT2D eigenvalue weighted by molar-refractivity contribution is 7.19. The fraction of sp³-hybridized carbons (Fsp3) is 0.444. The van der Waals surface area contributed by atoms with Crippen molar-refractivity contribution in [2.24, 2.45) is 5.92 Å². The highest BCUT2D eigenvalue weighted by Crippen LogP contribution is 2.41. The Labute approximate surface area is 223 Å². The van der Waals surface area contributed by atoms with Crippen LogP contribution < -0.4 is 10.6 Å². The molecule has 1 saturated carbocycles. The molecule has 1 aromatic carbocycles. The first kappa shape index (κ1) is 23.5. The van der Waals surface area contributed by atoms with Crippen LogP contribution in [0.5, 0.6) is 0 Å². The Balaban J connectivity index is 1.02. The number of aromatic nitrogens is 4. The number of anilines is 2. The quantitative estimate of drug-likeness (QED) is 0.351. The number of piperazine rings is 1.